The summed E-state index contributed by atoms with van der Waals surface area (Å²) in [6.45, 7) is 4.65. The van der Waals surface area contributed by atoms with Gasteiger partial charge in [-0.1, -0.05) is 18.2 Å². The van der Waals surface area contributed by atoms with Crippen molar-refractivity contribution < 1.29 is 0 Å². The van der Waals surface area contributed by atoms with E-state index in [0.29, 0.717) is 6.17 Å². The first-order chi connectivity index (χ1) is 9.18. The van der Waals surface area contributed by atoms with Crippen molar-refractivity contribution >= 4 is 16.7 Å². The fourth-order valence-electron chi connectivity index (χ4n) is 3.11. The fourth-order valence-corrected chi connectivity index (χ4v) is 3.11. The van der Waals surface area contributed by atoms with Crippen LogP contribution in [0, 0.1) is 0 Å². The van der Waals surface area contributed by atoms with E-state index >= 15 is 0 Å². The zero-order valence-corrected chi connectivity index (χ0v) is 12.1. The van der Waals surface area contributed by atoms with Crippen LogP contribution in [0.3, 0.4) is 0 Å². The molecule has 0 unspecified atom stereocenters. The van der Waals surface area contributed by atoms with E-state index in [-0.39, 0.29) is 0 Å². The van der Waals surface area contributed by atoms with E-state index in [1.54, 1.807) is 0 Å². The smallest absolute Gasteiger partial charge is 0.110 e. The number of benzene rings is 1. The Balaban J connectivity index is 2.04. The summed E-state index contributed by atoms with van der Waals surface area (Å²) >= 11 is 0. The normalized spacial score (nSPS) is 21.8. The van der Waals surface area contributed by atoms with Gasteiger partial charge in [-0.25, -0.2) is 0 Å². The summed E-state index contributed by atoms with van der Waals surface area (Å²) in [5.74, 6) is 1.34. The van der Waals surface area contributed by atoms with Gasteiger partial charge in [0.1, 0.15) is 5.82 Å². The van der Waals surface area contributed by atoms with E-state index in [9.17, 15) is 0 Å². The molecule has 1 atom stereocenters. The first kappa shape index (κ1) is 12.5. The highest BCUT2D eigenvalue weighted by Gasteiger charge is 2.23. The number of para-hydroxylation sites is 1. The molecule has 1 aliphatic rings. The van der Waals surface area contributed by atoms with Crippen molar-refractivity contribution in [3.8, 4) is 0 Å². The largest absolute Gasteiger partial charge is 0.343 e. The van der Waals surface area contributed by atoms with Crippen molar-refractivity contribution in [2.24, 2.45) is 7.05 Å². The van der Waals surface area contributed by atoms with Crippen molar-refractivity contribution in [1.82, 2.24) is 9.47 Å². The van der Waals surface area contributed by atoms with Crippen molar-refractivity contribution in [3.05, 3.63) is 30.3 Å². The van der Waals surface area contributed by atoms with Gasteiger partial charge in [-0.2, -0.15) is 0 Å². The molecule has 1 aromatic heterocycles. The topological polar surface area (TPSA) is 11.4 Å². The second kappa shape index (κ2) is 4.89. The van der Waals surface area contributed by atoms with E-state index in [1.165, 1.54) is 36.1 Å². The molecule has 3 nitrogen and oxygen atoms in total. The van der Waals surface area contributed by atoms with Crippen LogP contribution in [0.4, 0.5) is 5.82 Å². The van der Waals surface area contributed by atoms with E-state index < -0.39 is 0 Å². The molecule has 3 rings (SSSR count). The first-order valence-corrected chi connectivity index (χ1v) is 7.20. The molecule has 2 heterocycles. The lowest BCUT2D eigenvalue weighted by molar-refractivity contribution is 0.265. The van der Waals surface area contributed by atoms with Gasteiger partial charge in [0.25, 0.3) is 0 Å². The molecule has 3 heteroatoms. The van der Waals surface area contributed by atoms with Gasteiger partial charge in [-0.15, -0.1) is 0 Å². The monoisotopic (exact) mass is 257 g/mol. The van der Waals surface area contributed by atoms with E-state index in [2.05, 4.69) is 65.7 Å². The third-order valence-electron chi connectivity index (χ3n) is 4.47. The van der Waals surface area contributed by atoms with Crippen LogP contribution in [-0.4, -0.2) is 35.8 Å². The average molecular weight is 257 g/mol. The second-order valence-electron chi connectivity index (χ2n) is 5.63. The van der Waals surface area contributed by atoms with Crippen molar-refractivity contribution in [1.29, 1.82) is 0 Å². The Kier molecular flexibility index (Phi) is 3.23. The van der Waals surface area contributed by atoms with Gasteiger partial charge in [0, 0.05) is 24.5 Å². The van der Waals surface area contributed by atoms with Gasteiger partial charge in [-0.3, -0.25) is 4.90 Å². The third-order valence-corrected chi connectivity index (χ3v) is 4.47. The Morgan fingerprint density at radius 3 is 2.58 bits per heavy atom. The van der Waals surface area contributed by atoms with Crippen molar-refractivity contribution in [2.75, 3.05) is 25.0 Å². The van der Waals surface area contributed by atoms with E-state index in [0.717, 1.165) is 6.54 Å². The van der Waals surface area contributed by atoms with Gasteiger partial charge in [0.15, 0.2) is 0 Å². The Bertz CT molecular complexity index is 572. The molecule has 0 N–H and O–H groups in total. The molecule has 1 aliphatic heterocycles. The summed E-state index contributed by atoms with van der Waals surface area (Å²) in [4.78, 5) is 4.98. The molecular weight excluding hydrogens is 234 g/mol. The fraction of sp³-hybridized carbons (Fsp3) is 0.500. The first-order valence-electron chi connectivity index (χ1n) is 7.20. The lowest BCUT2D eigenvalue weighted by atomic mass is 10.2. The number of aryl methyl sites for hydroxylation is 1. The molecule has 2 aromatic rings. The predicted molar refractivity (Wildman–Crippen MR) is 81.6 cm³/mol. The van der Waals surface area contributed by atoms with Crippen LogP contribution in [0.1, 0.15) is 19.8 Å². The Labute approximate surface area is 115 Å². The minimum atomic E-state index is 0.463. The number of aromatic nitrogens is 1. The highest BCUT2D eigenvalue weighted by Crippen LogP contribution is 2.28. The van der Waals surface area contributed by atoms with Crippen molar-refractivity contribution in [3.63, 3.8) is 0 Å². The summed E-state index contributed by atoms with van der Waals surface area (Å²) in [7, 11) is 4.40. The van der Waals surface area contributed by atoms with Crippen LogP contribution in [0.5, 0.6) is 0 Å². The summed E-state index contributed by atoms with van der Waals surface area (Å²) in [6.07, 6.45) is 3.03. The van der Waals surface area contributed by atoms with Crippen LogP contribution >= 0.6 is 0 Å². The number of hydrogen-bond donors (Lipinski definition) is 0. The highest BCUT2D eigenvalue weighted by molar-refractivity contribution is 5.85. The summed E-state index contributed by atoms with van der Waals surface area (Å²) in [5.41, 5.74) is 1.32. The molecule has 0 aliphatic carbocycles. The maximum absolute atomic E-state index is 2.53. The SMILES string of the molecule is C[C@H]1N(C)CCCCN1c1cc2ccccc2n1C. The molecule has 0 saturated carbocycles. The van der Waals surface area contributed by atoms with Crippen LogP contribution in [0.25, 0.3) is 10.9 Å². The molecular formula is C16H23N3. The number of rotatable bonds is 1. The van der Waals surface area contributed by atoms with E-state index in [1.807, 2.05) is 0 Å². The molecule has 0 bridgehead atoms. The predicted octanol–water partition coefficient (Wildman–Crippen LogP) is 3.06. The molecule has 0 radical (unpaired) electrons. The van der Waals surface area contributed by atoms with E-state index in [4.69, 9.17) is 0 Å². The van der Waals surface area contributed by atoms with Crippen LogP contribution in [0.15, 0.2) is 30.3 Å². The van der Waals surface area contributed by atoms with Crippen LogP contribution in [0.2, 0.25) is 0 Å². The lowest BCUT2D eigenvalue weighted by Crippen LogP contribution is -2.44. The zero-order valence-electron chi connectivity index (χ0n) is 12.1. The third kappa shape index (κ3) is 2.12. The maximum Gasteiger partial charge on any atom is 0.110 e. The van der Waals surface area contributed by atoms with Crippen LogP contribution in [-0.2, 0) is 7.05 Å². The Morgan fingerprint density at radius 2 is 1.79 bits per heavy atom. The number of anilines is 1. The number of fused-ring (bicyclic) bond motifs is 1. The minimum Gasteiger partial charge on any atom is -0.343 e. The molecule has 1 fully saturated rings. The quantitative estimate of drug-likeness (QED) is 0.778. The maximum atomic E-state index is 2.53. The van der Waals surface area contributed by atoms with Gasteiger partial charge in [-0.05, 0) is 45.5 Å². The molecule has 1 aromatic carbocycles. The van der Waals surface area contributed by atoms with Crippen LogP contribution < -0.4 is 4.90 Å². The van der Waals surface area contributed by atoms with Crippen molar-refractivity contribution in [2.45, 2.75) is 25.9 Å². The molecule has 102 valence electrons. The Morgan fingerprint density at radius 1 is 1.05 bits per heavy atom. The molecule has 1 saturated heterocycles. The average Bonchev–Trinajstić information content (AvgIpc) is 2.66. The molecule has 19 heavy (non-hydrogen) atoms. The van der Waals surface area contributed by atoms with Gasteiger partial charge < -0.3 is 9.47 Å². The summed E-state index contributed by atoms with van der Waals surface area (Å²) < 4.78 is 2.32. The summed E-state index contributed by atoms with van der Waals surface area (Å²) in [5, 5.41) is 1.33. The molecule has 0 spiro atoms. The highest BCUT2D eigenvalue weighted by atomic mass is 15.4. The zero-order chi connectivity index (χ0) is 13.4. The van der Waals surface area contributed by atoms with Gasteiger partial charge >= 0.3 is 0 Å². The standard InChI is InChI=1S/C16H23N3/c1-13-17(2)10-6-7-11-19(13)16-12-14-8-4-5-9-15(14)18(16)3/h4-5,8-9,12-13H,6-7,10-11H2,1-3H3/t13-/m0/s1. The van der Waals surface area contributed by atoms with Gasteiger partial charge in [0.2, 0.25) is 0 Å². The summed E-state index contributed by atoms with van der Waals surface area (Å²) in [6, 6.07) is 11.0. The number of hydrogen-bond acceptors (Lipinski definition) is 2. The second-order valence-corrected chi connectivity index (χ2v) is 5.63. The Hall–Kier alpha value is -1.48. The molecule has 0 amide bonds. The lowest BCUT2D eigenvalue weighted by Gasteiger charge is -2.34. The number of nitrogens with zero attached hydrogens (tertiary/aromatic N) is 3. The minimum absolute atomic E-state index is 0.463. The van der Waals surface area contributed by atoms with Gasteiger partial charge in [0.05, 0.1) is 6.17 Å².